The lowest BCUT2D eigenvalue weighted by atomic mass is 10.3. The Kier molecular flexibility index (Phi) is 1.71. The van der Waals surface area contributed by atoms with Crippen molar-refractivity contribution in [3.8, 4) is 0 Å². The van der Waals surface area contributed by atoms with E-state index in [1.807, 2.05) is 12.2 Å². The van der Waals surface area contributed by atoms with Crippen LogP contribution in [0.1, 0.15) is 6.42 Å². The van der Waals surface area contributed by atoms with Crippen LogP contribution in [-0.4, -0.2) is 46.5 Å². The maximum absolute atomic E-state index is 9.32. The molecule has 1 saturated heterocycles. The predicted molar refractivity (Wildman–Crippen MR) is 41.1 cm³/mol. The van der Waals surface area contributed by atoms with E-state index in [4.69, 9.17) is 5.11 Å². The van der Waals surface area contributed by atoms with Crippen LogP contribution in [0.25, 0.3) is 0 Å². The Morgan fingerprint density at radius 3 is 2.73 bits per heavy atom. The molecule has 2 N–H and O–H groups in total. The first kappa shape index (κ1) is 7.28. The summed E-state index contributed by atoms with van der Waals surface area (Å²) in [7, 11) is 0. The molecule has 2 rings (SSSR count). The van der Waals surface area contributed by atoms with E-state index in [9.17, 15) is 5.11 Å². The SMILES string of the molecule is OCCCN1C2C=CC(O)C21. The largest absolute Gasteiger partial charge is 0.396 e. The minimum Gasteiger partial charge on any atom is -0.396 e. The summed E-state index contributed by atoms with van der Waals surface area (Å²) in [6.45, 7) is 1.16. The van der Waals surface area contributed by atoms with Crippen molar-refractivity contribution >= 4 is 0 Å². The van der Waals surface area contributed by atoms with Crippen molar-refractivity contribution in [3.63, 3.8) is 0 Å². The van der Waals surface area contributed by atoms with Crippen molar-refractivity contribution in [1.82, 2.24) is 4.90 Å². The molecule has 62 valence electrons. The average Bonchev–Trinajstić information content (AvgIpc) is 2.58. The number of hydrogen-bond acceptors (Lipinski definition) is 3. The van der Waals surface area contributed by atoms with Gasteiger partial charge in [-0.05, 0) is 6.42 Å². The highest BCUT2D eigenvalue weighted by molar-refractivity contribution is 5.26. The third-order valence-corrected chi connectivity index (χ3v) is 2.46. The molecule has 1 fully saturated rings. The molecule has 3 nitrogen and oxygen atoms in total. The minimum atomic E-state index is -0.265. The van der Waals surface area contributed by atoms with Gasteiger partial charge in [-0.25, -0.2) is 0 Å². The normalized spacial score (nSPS) is 46.0. The Morgan fingerprint density at radius 1 is 1.36 bits per heavy atom. The lowest BCUT2D eigenvalue weighted by Crippen LogP contribution is -2.17. The van der Waals surface area contributed by atoms with Crippen molar-refractivity contribution in [2.24, 2.45) is 0 Å². The zero-order chi connectivity index (χ0) is 7.84. The number of fused-ring (bicyclic) bond motifs is 1. The summed E-state index contributed by atoms with van der Waals surface area (Å²) in [5, 5.41) is 17.9. The van der Waals surface area contributed by atoms with Crippen LogP contribution in [-0.2, 0) is 0 Å². The smallest absolute Gasteiger partial charge is 0.0895 e. The fourth-order valence-corrected chi connectivity index (χ4v) is 1.83. The van der Waals surface area contributed by atoms with Gasteiger partial charge in [0.2, 0.25) is 0 Å². The second-order valence-electron chi connectivity index (χ2n) is 3.17. The second-order valence-corrected chi connectivity index (χ2v) is 3.17. The van der Waals surface area contributed by atoms with Crippen molar-refractivity contribution in [2.75, 3.05) is 13.2 Å². The molecule has 1 aliphatic carbocycles. The van der Waals surface area contributed by atoms with Gasteiger partial charge in [0.25, 0.3) is 0 Å². The average molecular weight is 155 g/mol. The van der Waals surface area contributed by atoms with Crippen LogP contribution >= 0.6 is 0 Å². The molecule has 0 spiro atoms. The Balaban J connectivity index is 1.81. The maximum atomic E-state index is 9.32. The molecule has 11 heavy (non-hydrogen) atoms. The lowest BCUT2D eigenvalue weighted by Gasteiger charge is -2.05. The van der Waals surface area contributed by atoms with Gasteiger partial charge >= 0.3 is 0 Å². The third-order valence-electron chi connectivity index (χ3n) is 2.46. The summed E-state index contributed by atoms with van der Waals surface area (Å²) in [5.41, 5.74) is 0. The summed E-state index contributed by atoms with van der Waals surface area (Å²) in [4.78, 5) is 2.21. The van der Waals surface area contributed by atoms with Gasteiger partial charge in [0.1, 0.15) is 0 Å². The Hall–Kier alpha value is -0.380. The van der Waals surface area contributed by atoms with Gasteiger partial charge in [0.15, 0.2) is 0 Å². The van der Waals surface area contributed by atoms with Gasteiger partial charge in [-0.1, -0.05) is 12.2 Å². The monoisotopic (exact) mass is 155 g/mol. The van der Waals surface area contributed by atoms with Crippen LogP contribution in [0.2, 0.25) is 0 Å². The Bertz CT molecular complexity index is 181. The molecule has 4 unspecified atom stereocenters. The highest BCUT2D eigenvalue weighted by atomic mass is 16.3. The van der Waals surface area contributed by atoms with Gasteiger partial charge < -0.3 is 10.2 Å². The third kappa shape index (κ3) is 1.09. The van der Waals surface area contributed by atoms with E-state index in [0.29, 0.717) is 12.1 Å². The second kappa shape index (κ2) is 2.59. The highest BCUT2D eigenvalue weighted by Crippen LogP contribution is 2.37. The number of aliphatic hydroxyl groups excluding tert-OH is 2. The molecule has 0 saturated carbocycles. The molecule has 0 aromatic heterocycles. The maximum Gasteiger partial charge on any atom is 0.0895 e. The first-order chi connectivity index (χ1) is 5.34. The molecule has 0 aromatic rings. The van der Waals surface area contributed by atoms with E-state index in [-0.39, 0.29) is 12.7 Å². The van der Waals surface area contributed by atoms with Crippen molar-refractivity contribution in [2.45, 2.75) is 24.6 Å². The molecular formula is C8H13NO2. The fraction of sp³-hybridized carbons (Fsp3) is 0.750. The van der Waals surface area contributed by atoms with E-state index in [0.717, 1.165) is 13.0 Å². The van der Waals surface area contributed by atoms with Crippen LogP contribution in [0.4, 0.5) is 0 Å². The van der Waals surface area contributed by atoms with E-state index in [1.54, 1.807) is 0 Å². The summed E-state index contributed by atoms with van der Waals surface area (Å²) >= 11 is 0. The molecule has 0 amide bonds. The predicted octanol–water partition coefficient (Wildman–Crippen LogP) is -0.648. The van der Waals surface area contributed by atoms with Crippen LogP contribution in [0.5, 0.6) is 0 Å². The van der Waals surface area contributed by atoms with Gasteiger partial charge in [-0.3, -0.25) is 4.90 Å². The Labute approximate surface area is 65.9 Å². The van der Waals surface area contributed by atoms with Crippen LogP contribution in [0.15, 0.2) is 12.2 Å². The summed E-state index contributed by atoms with van der Waals surface area (Å²) in [5.74, 6) is 0. The summed E-state index contributed by atoms with van der Waals surface area (Å²) in [6, 6.07) is 0.804. The topological polar surface area (TPSA) is 43.5 Å². The van der Waals surface area contributed by atoms with Gasteiger partial charge in [0.05, 0.1) is 12.1 Å². The number of aliphatic hydroxyl groups is 2. The first-order valence-electron chi connectivity index (χ1n) is 4.07. The van der Waals surface area contributed by atoms with Gasteiger partial charge in [0, 0.05) is 19.2 Å². The first-order valence-corrected chi connectivity index (χ1v) is 4.07. The minimum absolute atomic E-state index is 0.246. The van der Waals surface area contributed by atoms with Crippen molar-refractivity contribution < 1.29 is 10.2 Å². The standard InChI is InChI=1S/C8H13NO2/c10-5-1-4-9-6-2-3-7(11)8(6)9/h2-3,6-8,10-11H,1,4-5H2. The lowest BCUT2D eigenvalue weighted by molar-refractivity contribution is 0.197. The number of hydrogen-bond donors (Lipinski definition) is 2. The molecule has 4 atom stereocenters. The molecule has 2 aliphatic rings. The summed E-state index contributed by atoms with van der Waals surface area (Å²) < 4.78 is 0. The van der Waals surface area contributed by atoms with Gasteiger partial charge in [-0.15, -0.1) is 0 Å². The van der Waals surface area contributed by atoms with Crippen LogP contribution in [0, 0.1) is 0 Å². The number of nitrogens with zero attached hydrogens (tertiary/aromatic N) is 1. The van der Waals surface area contributed by atoms with Crippen molar-refractivity contribution in [1.29, 1.82) is 0 Å². The summed E-state index contributed by atoms with van der Waals surface area (Å²) in [6.07, 6.45) is 4.45. The molecule has 0 aromatic carbocycles. The van der Waals surface area contributed by atoms with E-state index in [1.165, 1.54) is 0 Å². The zero-order valence-corrected chi connectivity index (χ0v) is 6.35. The molecule has 0 radical (unpaired) electrons. The molecular weight excluding hydrogens is 142 g/mol. The quantitative estimate of drug-likeness (QED) is 0.420. The van der Waals surface area contributed by atoms with E-state index in [2.05, 4.69) is 4.90 Å². The molecule has 0 bridgehead atoms. The van der Waals surface area contributed by atoms with Crippen LogP contribution < -0.4 is 0 Å². The van der Waals surface area contributed by atoms with E-state index >= 15 is 0 Å². The van der Waals surface area contributed by atoms with E-state index < -0.39 is 0 Å². The fourth-order valence-electron chi connectivity index (χ4n) is 1.83. The highest BCUT2D eigenvalue weighted by Gasteiger charge is 2.51. The molecule has 1 aliphatic heterocycles. The van der Waals surface area contributed by atoms with Crippen molar-refractivity contribution in [3.05, 3.63) is 12.2 Å². The molecule has 3 heteroatoms. The van der Waals surface area contributed by atoms with Gasteiger partial charge in [-0.2, -0.15) is 0 Å². The zero-order valence-electron chi connectivity index (χ0n) is 6.35. The molecule has 1 heterocycles. The van der Waals surface area contributed by atoms with Crippen LogP contribution in [0.3, 0.4) is 0 Å². The number of rotatable bonds is 3. The Morgan fingerprint density at radius 2 is 2.18 bits per heavy atom.